The van der Waals surface area contributed by atoms with Crippen molar-refractivity contribution in [2.24, 2.45) is 5.92 Å². The summed E-state index contributed by atoms with van der Waals surface area (Å²) < 4.78 is 5.57. The molecule has 186 valence electrons. The van der Waals surface area contributed by atoms with Crippen molar-refractivity contribution in [3.8, 4) is 11.1 Å². The number of ether oxygens (including phenoxy) is 1. The largest absolute Gasteiger partial charge is 0.481 e. The molecule has 2 aliphatic rings. The first-order valence-corrected chi connectivity index (χ1v) is 12.5. The number of aliphatic carboxylic acids is 1. The fourth-order valence-corrected chi connectivity index (χ4v) is 5.33. The second-order valence-corrected chi connectivity index (χ2v) is 9.68. The van der Waals surface area contributed by atoms with Gasteiger partial charge in [-0.1, -0.05) is 55.5 Å². The molecule has 0 radical (unpaired) electrons. The van der Waals surface area contributed by atoms with E-state index >= 15 is 0 Å². The SMILES string of the molecule is CC(CCNC(=O)OCC1c2ccccc2-c2ccccc21)CC(=O)N1CCCC[C@@H]1CC(=O)O. The van der Waals surface area contributed by atoms with Crippen LogP contribution in [-0.4, -0.2) is 53.7 Å². The molecule has 7 nitrogen and oxygen atoms in total. The summed E-state index contributed by atoms with van der Waals surface area (Å²) in [5, 5.41) is 11.9. The number of carbonyl (C=O) groups excluding carboxylic acids is 2. The normalized spacial score (nSPS) is 17.9. The van der Waals surface area contributed by atoms with Crippen LogP contribution < -0.4 is 5.32 Å². The molecule has 1 fully saturated rings. The van der Waals surface area contributed by atoms with Gasteiger partial charge in [0.25, 0.3) is 0 Å². The molecule has 35 heavy (non-hydrogen) atoms. The number of carboxylic acids is 1. The molecule has 1 heterocycles. The van der Waals surface area contributed by atoms with Crippen molar-refractivity contribution >= 4 is 18.0 Å². The van der Waals surface area contributed by atoms with Gasteiger partial charge in [0, 0.05) is 31.5 Å². The first kappa shape index (κ1) is 24.8. The Labute approximate surface area is 206 Å². The zero-order valence-electron chi connectivity index (χ0n) is 20.2. The van der Waals surface area contributed by atoms with E-state index in [1.54, 1.807) is 4.90 Å². The first-order valence-electron chi connectivity index (χ1n) is 12.5. The smallest absolute Gasteiger partial charge is 0.407 e. The Hall–Kier alpha value is -3.35. The lowest BCUT2D eigenvalue weighted by Gasteiger charge is -2.35. The van der Waals surface area contributed by atoms with Crippen LogP contribution in [0.4, 0.5) is 4.79 Å². The lowest BCUT2D eigenvalue weighted by molar-refractivity contribution is -0.142. The second kappa shape index (κ2) is 11.4. The fraction of sp³-hybridized carbons (Fsp3) is 0.464. The summed E-state index contributed by atoms with van der Waals surface area (Å²) in [6.07, 6.45) is 3.17. The maximum absolute atomic E-state index is 12.8. The highest BCUT2D eigenvalue weighted by Gasteiger charge is 2.30. The molecule has 2 N–H and O–H groups in total. The number of likely N-dealkylation sites (tertiary alicyclic amines) is 1. The van der Waals surface area contributed by atoms with Crippen LogP contribution in [-0.2, 0) is 14.3 Å². The van der Waals surface area contributed by atoms with Gasteiger partial charge in [-0.15, -0.1) is 0 Å². The molecule has 0 saturated carbocycles. The third-order valence-electron chi connectivity index (χ3n) is 7.13. The highest BCUT2D eigenvalue weighted by Crippen LogP contribution is 2.44. The van der Waals surface area contributed by atoms with E-state index in [-0.39, 0.29) is 36.8 Å². The number of fused-ring (bicyclic) bond motifs is 3. The minimum atomic E-state index is -0.866. The van der Waals surface area contributed by atoms with Crippen molar-refractivity contribution in [3.63, 3.8) is 0 Å². The first-order chi connectivity index (χ1) is 16.9. The number of carboxylic acid groups (broad SMARTS) is 1. The molecule has 2 aromatic rings. The van der Waals surface area contributed by atoms with Crippen LogP contribution in [0.15, 0.2) is 48.5 Å². The molecule has 1 saturated heterocycles. The number of carbonyl (C=O) groups is 3. The molecule has 1 aliphatic carbocycles. The van der Waals surface area contributed by atoms with Crippen LogP contribution in [0.5, 0.6) is 0 Å². The van der Waals surface area contributed by atoms with Crippen LogP contribution in [0.1, 0.15) is 62.5 Å². The predicted octanol–water partition coefficient (Wildman–Crippen LogP) is 4.80. The molecule has 7 heteroatoms. The average Bonchev–Trinajstić information content (AvgIpc) is 3.16. The number of alkyl carbamates (subject to hydrolysis) is 1. The topological polar surface area (TPSA) is 95.9 Å². The van der Waals surface area contributed by atoms with Crippen LogP contribution in [0.2, 0.25) is 0 Å². The summed E-state index contributed by atoms with van der Waals surface area (Å²) in [6.45, 7) is 3.30. The van der Waals surface area contributed by atoms with Gasteiger partial charge in [0.2, 0.25) is 5.91 Å². The zero-order chi connectivity index (χ0) is 24.8. The molecule has 0 spiro atoms. The maximum Gasteiger partial charge on any atom is 0.407 e. The molecule has 2 amide bonds. The number of nitrogens with one attached hydrogen (secondary N) is 1. The molecule has 1 aliphatic heterocycles. The Morgan fingerprint density at radius 1 is 1.06 bits per heavy atom. The van der Waals surface area contributed by atoms with Crippen LogP contribution in [0.25, 0.3) is 11.1 Å². The minimum Gasteiger partial charge on any atom is -0.481 e. The number of amides is 2. The highest BCUT2D eigenvalue weighted by molar-refractivity contribution is 5.79. The monoisotopic (exact) mass is 478 g/mol. The van der Waals surface area contributed by atoms with Gasteiger partial charge in [0.15, 0.2) is 0 Å². The van der Waals surface area contributed by atoms with Crippen molar-refractivity contribution < 1.29 is 24.2 Å². The number of benzene rings is 2. The highest BCUT2D eigenvalue weighted by atomic mass is 16.5. The quantitative estimate of drug-likeness (QED) is 0.540. The fourth-order valence-electron chi connectivity index (χ4n) is 5.33. The number of hydrogen-bond acceptors (Lipinski definition) is 4. The Morgan fingerprint density at radius 3 is 2.37 bits per heavy atom. The van der Waals surface area contributed by atoms with E-state index in [0.717, 1.165) is 19.3 Å². The summed E-state index contributed by atoms with van der Waals surface area (Å²) in [5.41, 5.74) is 4.73. The Kier molecular flexibility index (Phi) is 8.06. The van der Waals surface area contributed by atoms with Gasteiger partial charge in [0.1, 0.15) is 6.61 Å². The van der Waals surface area contributed by atoms with E-state index in [2.05, 4.69) is 29.6 Å². The molecular weight excluding hydrogens is 444 g/mol. The molecular formula is C28H34N2O5. The van der Waals surface area contributed by atoms with E-state index in [4.69, 9.17) is 9.84 Å². The van der Waals surface area contributed by atoms with E-state index < -0.39 is 12.1 Å². The Bertz CT molecular complexity index is 1020. The van der Waals surface area contributed by atoms with Gasteiger partial charge < -0.3 is 20.1 Å². The molecule has 0 aromatic heterocycles. The Morgan fingerprint density at radius 2 is 1.71 bits per heavy atom. The van der Waals surface area contributed by atoms with E-state index in [1.807, 2.05) is 31.2 Å². The number of rotatable bonds is 9. The molecule has 1 unspecified atom stereocenters. The van der Waals surface area contributed by atoms with E-state index in [1.165, 1.54) is 22.3 Å². The standard InChI is InChI=1S/C28H34N2O5/c1-19(16-26(31)30-15-7-6-8-20(30)17-27(32)33)13-14-29-28(34)35-18-25-23-11-4-2-9-21(23)22-10-3-5-12-24(22)25/h2-5,9-12,19-20,25H,6-8,13-18H2,1H3,(H,29,34)(H,32,33)/t19?,20-/m1/s1. The molecule has 2 atom stereocenters. The summed E-state index contributed by atoms with van der Waals surface area (Å²) in [5.74, 6) is -0.767. The summed E-state index contributed by atoms with van der Waals surface area (Å²) in [4.78, 5) is 38.0. The zero-order valence-corrected chi connectivity index (χ0v) is 20.2. The maximum atomic E-state index is 12.8. The van der Waals surface area contributed by atoms with E-state index in [9.17, 15) is 14.4 Å². The van der Waals surface area contributed by atoms with Crippen molar-refractivity contribution in [3.05, 3.63) is 59.7 Å². The number of nitrogens with zero attached hydrogens (tertiary/aromatic N) is 1. The van der Waals surface area contributed by atoms with Gasteiger partial charge in [0.05, 0.1) is 6.42 Å². The van der Waals surface area contributed by atoms with Crippen molar-refractivity contribution in [2.75, 3.05) is 19.7 Å². The summed E-state index contributed by atoms with van der Waals surface area (Å²) >= 11 is 0. The van der Waals surface area contributed by atoms with Gasteiger partial charge in [-0.2, -0.15) is 0 Å². The van der Waals surface area contributed by atoms with Gasteiger partial charge in [-0.3, -0.25) is 9.59 Å². The lowest BCUT2D eigenvalue weighted by atomic mass is 9.96. The third-order valence-corrected chi connectivity index (χ3v) is 7.13. The molecule has 4 rings (SSSR count). The summed E-state index contributed by atoms with van der Waals surface area (Å²) in [7, 11) is 0. The summed E-state index contributed by atoms with van der Waals surface area (Å²) in [6, 6.07) is 16.2. The number of piperidine rings is 1. The van der Waals surface area contributed by atoms with Gasteiger partial charge in [-0.25, -0.2) is 4.79 Å². The van der Waals surface area contributed by atoms with Crippen LogP contribution in [0.3, 0.4) is 0 Å². The predicted molar refractivity (Wildman–Crippen MR) is 133 cm³/mol. The lowest BCUT2D eigenvalue weighted by Crippen LogP contribution is -2.45. The van der Waals surface area contributed by atoms with Crippen LogP contribution >= 0.6 is 0 Å². The second-order valence-electron chi connectivity index (χ2n) is 9.68. The third kappa shape index (κ3) is 6.02. The number of hydrogen-bond donors (Lipinski definition) is 2. The minimum absolute atomic E-state index is 0.00343. The van der Waals surface area contributed by atoms with Crippen molar-refractivity contribution in [2.45, 2.75) is 57.4 Å². The molecule has 2 aromatic carbocycles. The molecule has 0 bridgehead atoms. The van der Waals surface area contributed by atoms with Gasteiger partial charge >= 0.3 is 12.1 Å². The average molecular weight is 479 g/mol. The van der Waals surface area contributed by atoms with Crippen molar-refractivity contribution in [1.29, 1.82) is 0 Å². The van der Waals surface area contributed by atoms with Crippen molar-refractivity contribution in [1.82, 2.24) is 10.2 Å². The van der Waals surface area contributed by atoms with Crippen LogP contribution in [0, 0.1) is 5.92 Å². The Balaban J connectivity index is 1.21. The van der Waals surface area contributed by atoms with Gasteiger partial charge in [-0.05, 0) is 53.9 Å². The van der Waals surface area contributed by atoms with E-state index in [0.29, 0.717) is 25.9 Å².